The number of aromatic nitrogens is 3. The molecule has 4 heteroatoms. The van der Waals surface area contributed by atoms with Gasteiger partial charge in [0.25, 0.3) is 0 Å². The topological polar surface area (TPSA) is 27.9 Å². The first-order valence-electron chi connectivity index (χ1n) is 18.4. The molecule has 0 bridgehead atoms. The number of para-hydroxylation sites is 5. The average Bonchev–Trinajstić information content (AvgIpc) is 3.96. The third-order valence-electron chi connectivity index (χ3n) is 11.2. The van der Waals surface area contributed by atoms with Gasteiger partial charge in [-0.1, -0.05) is 115 Å². The van der Waals surface area contributed by atoms with Gasteiger partial charge in [0.15, 0.2) is 0 Å². The van der Waals surface area contributed by atoms with Crippen molar-refractivity contribution in [1.29, 1.82) is 0 Å². The van der Waals surface area contributed by atoms with Crippen LogP contribution in [-0.4, -0.2) is 13.7 Å². The van der Waals surface area contributed by atoms with Gasteiger partial charge in [-0.05, 0) is 83.9 Å². The van der Waals surface area contributed by atoms with E-state index in [4.69, 9.17) is 4.42 Å². The summed E-state index contributed by atoms with van der Waals surface area (Å²) in [6.07, 6.45) is 0. The van der Waals surface area contributed by atoms with Gasteiger partial charge in [-0.3, -0.25) is 4.57 Å². The van der Waals surface area contributed by atoms with E-state index in [9.17, 15) is 0 Å². The molecule has 4 nitrogen and oxygen atoms in total. The summed E-state index contributed by atoms with van der Waals surface area (Å²) in [6.45, 7) is 0. The van der Waals surface area contributed by atoms with Crippen LogP contribution >= 0.6 is 0 Å². The Kier molecular flexibility index (Phi) is 6.02. The summed E-state index contributed by atoms with van der Waals surface area (Å²) in [4.78, 5) is 0. The van der Waals surface area contributed by atoms with E-state index in [0.717, 1.165) is 55.8 Å². The van der Waals surface area contributed by atoms with Crippen LogP contribution in [0.4, 0.5) is 0 Å². The van der Waals surface area contributed by atoms with E-state index in [1.165, 1.54) is 49.0 Å². The van der Waals surface area contributed by atoms with Crippen LogP contribution in [0.1, 0.15) is 0 Å². The van der Waals surface area contributed by atoms with Crippen LogP contribution < -0.4 is 0 Å². The largest absolute Gasteiger partial charge is 0.439 e. The Morgan fingerprint density at radius 1 is 0.296 bits per heavy atom. The Balaban J connectivity index is 1.09. The molecule has 252 valence electrons. The second-order valence-corrected chi connectivity index (χ2v) is 14.2. The van der Waals surface area contributed by atoms with Crippen molar-refractivity contribution in [1.82, 2.24) is 13.7 Å². The Labute approximate surface area is 309 Å². The molecule has 0 spiro atoms. The fourth-order valence-corrected chi connectivity index (χ4v) is 8.89. The Bertz CT molecular complexity index is 3380. The van der Waals surface area contributed by atoms with E-state index in [1.807, 2.05) is 0 Å². The summed E-state index contributed by atoms with van der Waals surface area (Å²) in [5.74, 6) is 0. The summed E-state index contributed by atoms with van der Waals surface area (Å²) in [5, 5.41) is 8.42. The summed E-state index contributed by atoms with van der Waals surface area (Å²) in [6, 6.07) is 67.7. The van der Waals surface area contributed by atoms with Gasteiger partial charge < -0.3 is 13.6 Å². The van der Waals surface area contributed by atoms with E-state index in [-0.39, 0.29) is 0 Å². The summed E-state index contributed by atoms with van der Waals surface area (Å²) in [7, 11) is 0. The van der Waals surface area contributed by atoms with Crippen molar-refractivity contribution >= 4 is 76.6 Å². The molecule has 0 amide bonds. The SMILES string of the molecule is c1ccc(-n2c3cc(-c4ccc5oc6c(c5c4)c4ccccc4n6-c4ccccc4)ccc3c3ccc(-n4c5ccccc5c5ccccc54)cc32)cc1. The molecule has 0 aliphatic heterocycles. The number of nitrogens with zero attached hydrogens (tertiary/aromatic N) is 3. The molecule has 0 N–H and O–H groups in total. The van der Waals surface area contributed by atoms with Gasteiger partial charge in [0, 0.05) is 49.4 Å². The zero-order valence-corrected chi connectivity index (χ0v) is 29.1. The van der Waals surface area contributed by atoms with Gasteiger partial charge in [0.2, 0.25) is 5.71 Å². The predicted molar refractivity (Wildman–Crippen MR) is 225 cm³/mol. The lowest BCUT2D eigenvalue weighted by Crippen LogP contribution is -1.96. The highest BCUT2D eigenvalue weighted by Crippen LogP contribution is 2.42. The third kappa shape index (κ3) is 4.08. The molecule has 0 saturated heterocycles. The van der Waals surface area contributed by atoms with Crippen LogP contribution in [0.3, 0.4) is 0 Å². The smallest absolute Gasteiger partial charge is 0.213 e. The molecule has 0 atom stereocenters. The van der Waals surface area contributed by atoms with Crippen LogP contribution in [0.2, 0.25) is 0 Å². The van der Waals surface area contributed by atoms with E-state index < -0.39 is 0 Å². The Morgan fingerprint density at radius 3 is 1.46 bits per heavy atom. The molecule has 0 fully saturated rings. The molecule has 8 aromatic carbocycles. The van der Waals surface area contributed by atoms with Crippen LogP contribution in [0.5, 0.6) is 0 Å². The fraction of sp³-hybridized carbons (Fsp3) is 0. The number of benzene rings is 8. The molecule has 0 radical (unpaired) electrons. The molecular formula is C50H31N3O. The zero-order valence-electron chi connectivity index (χ0n) is 29.1. The highest BCUT2D eigenvalue weighted by molar-refractivity contribution is 6.20. The van der Waals surface area contributed by atoms with Gasteiger partial charge >= 0.3 is 0 Å². The summed E-state index contributed by atoms with van der Waals surface area (Å²) >= 11 is 0. The van der Waals surface area contributed by atoms with Crippen LogP contribution in [0.15, 0.2) is 192 Å². The molecule has 12 aromatic rings. The monoisotopic (exact) mass is 689 g/mol. The normalized spacial score (nSPS) is 12.1. The molecule has 0 aliphatic carbocycles. The highest BCUT2D eigenvalue weighted by Gasteiger charge is 2.21. The summed E-state index contributed by atoms with van der Waals surface area (Å²) < 4.78 is 13.7. The minimum absolute atomic E-state index is 0.869. The van der Waals surface area contributed by atoms with Crippen molar-refractivity contribution in [3.05, 3.63) is 188 Å². The molecule has 0 unspecified atom stereocenters. The van der Waals surface area contributed by atoms with E-state index in [1.54, 1.807) is 0 Å². The lowest BCUT2D eigenvalue weighted by Gasteiger charge is -2.11. The molecular weight excluding hydrogens is 659 g/mol. The second-order valence-electron chi connectivity index (χ2n) is 14.2. The first kappa shape index (κ1) is 29.3. The second kappa shape index (κ2) is 11.1. The number of hydrogen-bond donors (Lipinski definition) is 0. The number of hydrogen-bond acceptors (Lipinski definition) is 1. The zero-order chi connectivity index (χ0) is 35.3. The fourth-order valence-electron chi connectivity index (χ4n) is 8.89. The maximum Gasteiger partial charge on any atom is 0.213 e. The Morgan fingerprint density at radius 2 is 0.778 bits per heavy atom. The van der Waals surface area contributed by atoms with Gasteiger partial charge in [0.1, 0.15) is 5.58 Å². The van der Waals surface area contributed by atoms with Crippen LogP contribution in [0.25, 0.3) is 105 Å². The lowest BCUT2D eigenvalue weighted by molar-refractivity contribution is 0.645. The van der Waals surface area contributed by atoms with E-state index >= 15 is 0 Å². The number of fused-ring (bicyclic) bond motifs is 11. The first-order chi connectivity index (χ1) is 26.8. The van der Waals surface area contributed by atoms with Crippen molar-refractivity contribution in [2.45, 2.75) is 0 Å². The quantitative estimate of drug-likeness (QED) is 0.181. The standard InChI is InChI=1S/C50H31N3O/c1-3-13-34(14-4-1)51-46-30-33(32-24-28-48-42(29-32)49-41-19-9-12-22-45(41)53(50(49)54-48)35-15-5-2-6-16-35)23-26-39(46)40-27-25-36(31-47(40)51)52-43-20-10-7-17-37(43)38-18-8-11-21-44(38)52/h1-31H. The van der Waals surface area contributed by atoms with E-state index in [0.29, 0.717) is 0 Å². The van der Waals surface area contributed by atoms with Gasteiger partial charge in [-0.2, -0.15) is 0 Å². The molecule has 54 heavy (non-hydrogen) atoms. The molecule has 0 aliphatic rings. The highest BCUT2D eigenvalue weighted by atomic mass is 16.3. The van der Waals surface area contributed by atoms with Crippen molar-refractivity contribution in [2.75, 3.05) is 0 Å². The molecule has 4 heterocycles. The summed E-state index contributed by atoms with van der Waals surface area (Å²) in [5.41, 5.74) is 13.3. The minimum Gasteiger partial charge on any atom is -0.439 e. The third-order valence-corrected chi connectivity index (χ3v) is 11.2. The number of rotatable bonds is 4. The lowest BCUT2D eigenvalue weighted by atomic mass is 10.0. The molecule has 0 saturated carbocycles. The van der Waals surface area contributed by atoms with Gasteiger partial charge in [-0.15, -0.1) is 0 Å². The first-order valence-corrected chi connectivity index (χ1v) is 18.4. The maximum absolute atomic E-state index is 6.65. The maximum atomic E-state index is 6.65. The van der Waals surface area contributed by atoms with E-state index in [2.05, 4.69) is 202 Å². The molecule has 4 aromatic heterocycles. The minimum atomic E-state index is 0.869. The average molecular weight is 690 g/mol. The van der Waals surface area contributed by atoms with Crippen LogP contribution in [0, 0.1) is 0 Å². The predicted octanol–water partition coefficient (Wildman–Crippen LogP) is 13.4. The van der Waals surface area contributed by atoms with Crippen molar-refractivity contribution < 1.29 is 4.42 Å². The van der Waals surface area contributed by atoms with Crippen LogP contribution in [-0.2, 0) is 0 Å². The van der Waals surface area contributed by atoms with Gasteiger partial charge in [-0.25, -0.2) is 0 Å². The van der Waals surface area contributed by atoms with Crippen molar-refractivity contribution in [2.24, 2.45) is 0 Å². The van der Waals surface area contributed by atoms with Crippen molar-refractivity contribution in [3.63, 3.8) is 0 Å². The molecule has 12 rings (SSSR count). The van der Waals surface area contributed by atoms with Crippen molar-refractivity contribution in [3.8, 4) is 28.2 Å². The number of furan rings is 1. The van der Waals surface area contributed by atoms with Gasteiger partial charge in [0.05, 0.1) is 33.0 Å². The Hall–Kier alpha value is -7.30.